The van der Waals surface area contributed by atoms with Gasteiger partial charge >= 0.3 is 5.97 Å². The van der Waals surface area contributed by atoms with Gasteiger partial charge in [0.25, 0.3) is 0 Å². The van der Waals surface area contributed by atoms with Crippen molar-refractivity contribution in [2.75, 3.05) is 6.61 Å². The van der Waals surface area contributed by atoms with Gasteiger partial charge in [-0.3, -0.25) is 0 Å². The van der Waals surface area contributed by atoms with Crippen LogP contribution in [0.5, 0.6) is 5.75 Å². The highest BCUT2D eigenvalue weighted by Crippen LogP contribution is 2.38. The summed E-state index contributed by atoms with van der Waals surface area (Å²) in [6.07, 6.45) is -0.609. The van der Waals surface area contributed by atoms with E-state index in [1.807, 2.05) is 30.3 Å². The van der Waals surface area contributed by atoms with Gasteiger partial charge in [-0.25, -0.2) is 9.78 Å². The van der Waals surface area contributed by atoms with Crippen LogP contribution in [0.25, 0.3) is 10.2 Å². The number of esters is 1. The molecule has 2 aromatic carbocycles. The van der Waals surface area contributed by atoms with Crippen LogP contribution in [0.1, 0.15) is 34.1 Å². The van der Waals surface area contributed by atoms with Gasteiger partial charge in [-0.15, -0.1) is 11.3 Å². The standard InChI is InChI=1S/C24H19Cl2NO4S/c25-21-22-20(32-23(21)26)11-10-16(27-22)14-31-19-9-5-4-8-17(19)18(28)12-13-30-24(29)15-6-2-1-3-7-15/h1-11,18,28H,12-14H2/t18-/m0/s1. The topological polar surface area (TPSA) is 68.7 Å². The third-order valence-electron chi connectivity index (χ3n) is 4.78. The highest BCUT2D eigenvalue weighted by Gasteiger charge is 2.16. The van der Waals surface area contributed by atoms with E-state index in [1.54, 1.807) is 36.4 Å². The van der Waals surface area contributed by atoms with Crippen LogP contribution in [0.3, 0.4) is 0 Å². The molecule has 2 heterocycles. The van der Waals surface area contributed by atoms with Gasteiger partial charge in [0.1, 0.15) is 22.2 Å². The van der Waals surface area contributed by atoms with Crippen LogP contribution in [0.4, 0.5) is 0 Å². The van der Waals surface area contributed by atoms with E-state index in [-0.39, 0.29) is 19.6 Å². The Morgan fingerprint density at radius 3 is 2.59 bits per heavy atom. The molecule has 0 saturated heterocycles. The number of aliphatic hydroxyl groups is 1. The maximum atomic E-state index is 12.1. The molecule has 164 valence electrons. The number of hydrogen-bond donors (Lipinski definition) is 1. The molecule has 4 aromatic rings. The van der Waals surface area contributed by atoms with Crippen molar-refractivity contribution in [2.24, 2.45) is 0 Å². The van der Waals surface area contributed by atoms with Gasteiger partial charge in [-0.1, -0.05) is 59.6 Å². The van der Waals surface area contributed by atoms with Gasteiger partial charge in [0.2, 0.25) is 0 Å². The molecule has 0 radical (unpaired) electrons. The lowest BCUT2D eigenvalue weighted by atomic mass is 10.1. The molecule has 4 rings (SSSR count). The van der Waals surface area contributed by atoms with Gasteiger partial charge in [0.15, 0.2) is 0 Å². The number of ether oxygens (including phenoxy) is 2. The van der Waals surface area contributed by atoms with Crippen LogP contribution in [0, 0.1) is 0 Å². The molecular formula is C24H19Cl2NO4S. The summed E-state index contributed by atoms with van der Waals surface area (Å²) in [6, 6.07) is 19.7. The lowest BCUT2D eigenvalue weighted by Gasteiger charge is -2.16. The van der Waals surface area contributed by atoms with E-state index in [1.165, 1.54) is 11.3 Å². The van der Waals surface area contributed by atoms with Gasteiger partial charge in [-0.05, 0) is 30.3 Å². The number of pyridine rings is 1. The van der Waals surface area contributed by atoms with Crippen molar-refractivity contribution in [3.8, 4) is 5.75 Å². The number of carbonyl (C=O) groups is 1. The van der Waals surface area contributed by atoms with Crippen molar-refractivity contribution in [2.45, 2.75) is 19.1 Å². The van der Waals surface area contributed by atoms with Gasteiger partial charge in [0.05, 0.1) is 33.7 Å². The van der Waals surface area contributed by atoms with Gasteiger partial charge in [0, 0.05) is 12.0 Å². The molecule has 0 amide bonds. The normalized spacial score (nSPS) is 12.0. The summed E-state index contributed by atoms with van der Waals surface area (Å²) < 4.78 is 12.6. The average molecular weight is 488 g/mol. The van der Waals surface area contributed by atoms with Crippen molar-refractivity contribution in [3.63, 3.8) is 0 Å². The maximum absolute atomic E-state index is 12.1. The highest BCUT2D eigenvalue weighted by molar-refractivity contribution is 7.23. The van der Waals surface area contributed by atoms with Crippen LogP contribution in [-0.2, 0) is 11.3 Å². The Hall–Kier alpha value is -2.64. The molecule has 0 unspecified atom stereocenters. The van der Waals surface area contributed by atoms with Crippen molar-refractivity contribution >= 4 is 50.7 Å². The molecule has 0 aliphatic rings. The smallest absolute Gasteiger partial charge is 0.338 e. The minimum Gasteiger partial charge on any atom is -0.487 e. The molecule has 1 N–H and O–H groups in total. The van der Waals surface area contributed by atoms with Crippen molar-refractivity contribution in [1.82, 2.24) is 4.98 Å². The first-order chi connectivity index (χ1) is 15.5. The minimum absolute atomic E-state index is 0.0822. The third-order valence-corrected chi connectivity index (χ3v) is 6.71. The Labute approximate surface area is 199 Å². The molecular weight excluding hydrogens is 469 g/mol. The minimum atomic E-state index is -0.852. The molecule has 32 heavy (non-hydrogen) atoms. The zero-order valence-corrected chi connectivity index (χ0v) is 19.2. The van der Waals surface area contributed by atoms with Crippen LogP contribution in [-0.4, -0.2) is 22.7 Å². The van der Waals surface area contributed by atoms with Gasteiger partial charge in [-0.2, -0.15) is 0 Å². The second kappa shape index (κ2) is 10.3. The van der Waals surface area contributed by atoms with Crippen molar-refractivity contribution in [1.29, 1.82) is 0 Å². The van der Waals surface area contributed by atoms with Gasteiger partial charge < -0.3 is 14.6 Å². The maximum Gasteiger partial charge on any atom is 0.338 e. The molecule has 0 aliphatic carbocycles. The summed E-state index contributed by atoms with van der Waals surface area (Å²) in [6.45, 7) is 0.283. The number of thiophene rings is 1. The van der Waals surface area contributed by atoms with Crippen LogP contribution in [0.2, 0.25) is 9.36 Å². The van der Waals surface area contributed by atoms with E-state index in [9.17, 15) is 9.90 Å². The zero-order chi connectivity index (χ0) is 22.5. The number of rotatable bonds is 8. The number of aromatic nitrogens is 1. The highest BCUT2D eigenvalue weighted by atomic mass is 35.5. The van der Waals surface area contributed by atoms with Crippen molar-refractivity contribution < 1.29 is 19.4 Å². The van der Waals surface area contributed by atoms with E-state index in [4.69, 9.17) is 32.7 Å². The number of hydrogen-bond acceptors (Lipinski definition) is 6. The zero-order valence-electron chi connectivity index (χ0n) is 16.8. The molecule has 8 heteroatoms. The second-order valence-corrected chi connectivity index (χ2v) is 9.00. The van der Waals surface area contributed by atoms with E-state index >= 15 is 0 Å². The summed E-state index contributed by atoms with van der Waals surface area (Å²) in [4.78, 5) is 16.6. The molecule has 0 bridgehead atoms. The summed E-state index contributed by atoms with van der Waals surface area (Å²) in [5.41, 5.74) is 2.43. The lowest BCUT2D eigenvalue weighted by molar-refractivity contribution is 0.0427. The number of carbonyl (C=O) groups excluding carboxylic acids is 1. The quantitative estimate of drug-likeness (QED) is 0.288. The first kappa shape index (κ1) is 22.6. The summed E-state index contributed by atoms with van der Waals surface area (Å²) in [5, 5.41) is 11.1. The lowest BCUT2D eigenvalue weighted by Crippen LogP contribution is -2.10. The molecule has 5 nitrogen and oxygen atoms in total. The number of nitrogens with zero attached hydrogens (tertiary/aromatic N) is 1. The first-order valence-electron chi connectivity index (χ1n) is 9.88. The van der Waals surface area contributed by atoms with E-state index in [0.717, 1.165) is 4.70 Å². The molecule has 0 fully saturated rings. The van der Waals surface area contributed by atoms with Crippen LogP contribution in [0.15, 0.2) is 66.7 Å². The van der Waals surface area contributed by atoms with E-state index in [2.05, 4.69) is 4.98 Å². The predicted molar refractivity (Wildman–Crippen MR) is 127 cm³/mol. The average Bonchev–Trinajstić information content (AvgIpc) is 3.11. The number of benzene rings is 2. The Bertz CT molecular complexity index is 1230. The monoisotopic (exact) mass is 487 g/mol. The number of para-hydroxylation sites is 1. The Morgan fingerprint density at radius 1 is 1.03 bits per heavy atom. The Morgan fingerprint density at radius 2 is 1.78 bits per heavy atom. The largest absolute Gasteiger partial charge is 0.487 e. The fraction of sp³-hybridized carbons (Fsp3) is 0.167. The number of fused-ring (bicyclic) bond motifs is 1. The summed E-state index contributed by atoms with van der Waals surface area (Å²) in [7, 11) is 0. The fourth-order valence-electron chi connectivity index (χ4n) is 3.16. The third kappa shape index (κ3) is 5.22. The molecule has 1 atom stereocenters. The van der Waals surface area contributed by atoms with Crippen molar-refractivity contribution in [3.05, 3.63) is 92.9 Å². The van der Waals surface area contributed by atoms with Crippen LogP contribution >= 0.6 is 34.5 Å². The molecule has 0 aliphatic heterocycles. The fourth-order valence-corrected chi connectivity index (χ4v) is 4.57. The molecule has 2 aromatic heterocycles. The SMILES string of the molecule is O=C(OCC[C@H](O)c1ccccc1OCc1ccc2sc(Cl)c(Cl)c2n1)c1ccccc1. The summed E-state index contributed by atoms with van der Waals surface area (Å²) >= 11 is 13.7. The predicted octanol–water partition coefficient (Wildman–Crippen LogP) is 6.46. The number of aliphatic hydroxyl groups excluding tert-OH is 1. The second-order valence-electron chi connectivity index (χ2n) is 6.97. The van der Waals surface area contributed by atoms with E-state index < -0.39 is 12.1 Å². The van der Waals surface area contributed by atoms with Crippen LogP contribution < -0.4 is 4.74 Å². The van der Waals surface area contributed by atoms with E-state index in [0.29, 0.717) is 37.4 Å². The number of halogens is 2. The molecule has 0 spiro atoms. The molecule has 0 saturated carbocycles. The first-order valence-corrected chi connectivity index (χ1v) is 11.5. The summed E-state index contributed by atoms with van der Waals surface area (Å²) in [5.74, 6) is 0.113. The Kier molecular flexibility index (Phi) is 7.27. The Balaban J connectivity index is 1.38.